The normalized spacial score (nSPS) is 25.5. The van der Waals surface area contributed by atoms with Gasteiger partial charge >= 0.3 is 0 Å². The Labute approximate surface area is 113 Å². The van der Waals surface area contributed by atoms with Gasteiger partial charge in [-0.05, 0) is 43.5 Å². The van der Waals surface area contributed by atoms with Crippen molar-refractivity contribution in [1.29, 1.82) is 0 Å². The summed E-state index contributed by atoms with van der Waals surface area (Å²) in [7, 11) is 0. The fourth-order valence-corrected chi connectivity index (χ4v) is 2.79. The maximum Gasteiger partial charge on any atom is 0.261 e. The molecule has 1 aromatic rings. The zero-order valence-electron chi connectivity index (χ0n) is 11.0. The Balaban J connectivity index is 1.49. The van der Waals surface area contributed by atoms with Gasteiger partial charge in [0.1, 0.15) is 5.75 Å². The number of benzene rings is 1. The van der Waals surface area contributed by atoms with Gasteiger partial charge in [0.05, 0.1) is 0 Å². The van der Waals surface area contributed by atoms with Gasteiger partial charge in [-0.1, -0.05) is 18.2 Å². The summed E-state index contributed by atoms with van der Waals surface area (Å²) in [6, 6.07) is 7.87. The predicted molar refractivity (Wildman–Crippen MR) is 73.2 cm³/mol. The number of ether oxygens (including phenoxy) is 1. The van der Waals surface area contributed by atoms with Crippen molar-refractivity contribution >= 4 is 5.91 Å². The number of piperidine rings is 1. The van der Waals surface area contributed by atoms with Crippen LogP contribution in [0.25, 0.3) is 0 Å². The van der Waals surface area contributed by atoms with Gasteiger partial charge in [-0.3, -0.25) is 4.79 Å². The van der Waals surface area contributed by atoms with E-state index in [-0.39, 0.29) is 12.0 Å². The second kappa shape index (κ2) is 5.61. The number of hydrogen-bond acceptors (Lipinski definition) is 3. The molecule has 4 heteroatoms. The first-order chi connectivity index (χ1) is 9.33. The monoisotopic (exact) mass is 260 g/mol. The Bertz CT molecular complexity index is 430. The van der Waals surface area contributed by atoms with Gasteiger partial charge in [0.25, 0.3) is 5.91 Å². The molecule has 1 aromatic carbocycles. The lowest BCUT2D eigenvalue weighted by molar-refractivity contribution is -0.127. The van der Waals surface area contributed by atoms with Crippen molar-refractivity contribution in [2.75, 3.05) is 19.6 Å². The highest BCUT2D eigenvalue weighted by Crippen LogP contribution is 2.28. The first-order valence-electron chi connectivity index (χ1n) is 7.06. The van der Waals surface area contributed by atoms with Crippen molar-refractivity contribution in [2.24, 2.45) is 5.92 Å². The molecule has 1 amide bonds. The SMILES string of the molecule is O=C(NCC1CCCNC1)C1Cc2ccccc2O1. The second-order valence-electron chi connectivity index (χ2n) is 5.38. The van der Waals surface area contributed by atoms with Crippen molar-refractivity contribution in [2.45, 2.75) is 25.4 Å². The van der Waals surface area contributed by atoms with Gasteiger partial charge in [0, 0.05) is 13.0 Å². The Morgan fingerprint density at radius 3 is 3.11 bits per heavy atom. The maximum absolute atomic E-state index is 12.1. The van der Waals surface area contributed by atoms with Crippen molar-refractivity contribution < 1.29 is 9.53 Å². The molecule has 19 heavy (non-hydrogen) atoms. The van der Waals surface area contributed by atoms with Crippen LogP contribution in [0.3, 0.4) is 0 Å². The molecule has 0 aliphatic carbocycles. The Morgan fingerprint density at radius 1 is 1.42 bits per heavy atom. The van der Waals surface area contributed by atoms with E-state index in [9.17, 15) is 4.79 Å². The quantitative estimate of drug-likeness (QED) is 0.856. The number of carbonyl (C=O) groups is 1. The van der Waals surface area contributed by atoms with E-state index in [0.717, 1.165) is 30.9 Å². The first-order valence-corrected chi connectivity index (χ1v) is 7.06. The summed E-state index contributed by atoms with van der Waals surface area (Å²) in [6.45, 7) is 2.86. The van der Waals surface area contributed by atoms with Crippen LogP contribution in [0.5, 0.6) is 5.75 Å². The number of para-hydroxylation sites is 1. The van der Waals surface area contributed by atoms with E-state index < -0.39 is 0 Å². The van der Waals surface area contributed by atoms with Crippen LogP contribution in [0.1, 0.15) is 18.4 Å². The van der Waals surface area contributed by atoms with Gasteiger partial charge < -0.3 is 15.4 Å². The summed E-state index contributed by atoms with van der Waals surface area (Å²) in [6.07, 6.45) is 2.73. The summed E-state index contributed by atoms with van der Waals surface area (Å²) in [5.74, 6) is 1.42. The number of rotatable bonds is 3. The van der Waals surface area contributed by atoms with Gasteiger partial charge in [0.15, 0.2) is 6.10 Å². The molecule has 0 bridgehead atoms. The number of amides is 1. The molecule has 2 aliphatic rings. The number of hydrogen-bond donors (Lipinski definition) is 2. The molecule has 2 heterocycles. The molecule has 2 N–H and O–H groups in total. The second-order valence-corrected chi connectivity index (χ2v) is 5.38. The fraction of sp³-hybridized carbons (Fsp3) is 0.533. The molecule has 0 saturated carbocycles. The van der Waals surface area contributed by atoms with E-state index in [0.29, 0.717) is 12.3 Å². The van der Waals surface area contributed by atoms with E-state index in [1.165, 1.54) is 12.8 Å². The van der Waals surface area contributed by atoms with Crippen LogP contribution in [0.2, 0.25) is 0 Å². The minimum Gasteiger partial charge on any atom is -0.480 e. The van der Waals surface area contributed by atoms with Gasteiger partial charge in [-0.15, -0.1) is 0 Å². The van der Waals surface area contributed by atoms with E-state index in [1.807, 2.05) is 24.3 Å². The summed E-state index contributed by atoms with van der Waals surface area (Å²) < 4.78 is 5.68. The maximum atomic E-state index is 12.1. The van der Waals surface area contributed by atoms with Crippen LogP contribution >= 0.6 is 0 Å². The lowest BCUT2D eigenvalue weighted by Gasteiger charge is -2.23. The molecule has 2 aliphatic heterocycles. The van der Waals surface area contributed by atoms with Gasteiger partial charge in [-0.25, -0.2) is 0 Å². The van der Waals surface area contributed by atoms with Crippen molar-refractivity contribution in [3.8, 4) is 5.75 Å². The first kappa shape index (κ1) is 12.5. The van der Waals surface area contributed by atoms with Crippen LogP contribution in [0.15, 0.2) is 24.3 Å². The average Bonchev–Trinajstić information content (AvgIpc) is 2.90. The smallest absolute Gasteiger partial charge is 0.261 e. The highest BCUT2D eigenvalue weighted by atomic mass is 16.5. The molecular formula is C15H20N2O2. The highest BCUT2D eigenvalue weighted by Gasteiger charge is 2.29. The molecule has 0 radical (unpaired) electrons. The van der Waals surface area contributed by atoms with Crippen LogP contribution in [-0.2, 0) is 11.2 Å². The molecular weight excluding hydrogens is 240 g/mol. The molecule has 3 rings (SSSR count). The van der Waals surface area contributed by atoms with Crippen LogP contribution in [0.4, 0.5) is 0 Å². The molecule has 1 fully saturated rings. The third-order valence-electron chi connectivity index (χ3n) is 3.90. The zero-order chi connectivity index (χ0) is 13.1. The molecule has 0 spiro atoms. The third kappa shape index (κ3) is 2.89. The van der Waals surface area contributed by atoms with Crippen LogP contribution in [-0.4, -0.2) is 31.6 Å². The molecule has 102 valence electrons. The summed E-state index contributed by atoms with van der Waals surface area (Å²) in [5.41, 5.74) is 1.13. The van der Waals surface area contributed by atoms with Gasteiger partial charge in [0.2, 0.25) is 0 Å². The largest absolute Gasteiger partial charge is 0.480 e. The van der Waals surface area contributed by atoms with Gasteiger partial charge in [-0.2, -0.15) is 0 Å². The third-order valence-corrected chi connectivity index (χ3v) is 3.90. The topological polar surface area (TPSA) is 50.4 Å². The van der Waals surface area contributed by atoms with Crippen molar-refractivity contribution in [3.05, 3.63) is 29.8 Å². The highest BCUT2D eigenvalue weighted by molar-refractivity contribution is 5.82. The van der Waals surface area contributed by atoms with Crippen LogP contribution < -0.4 is 15.4 Å². The Morgan fingerprint density at radius 2 is 2.32 bits per heavy atom. The van der Waals surface area contributed by atoms with Crippen molar-refractivity contribution in [3.63, 3.8) is 0 Å². The van der Waals surface area contributed by atoms with E-state index in [1.54, 1.807) is 0 Å². The summed E-state index contributed by atoms with van der Waals surface area (Å²) in [5, 5.41) is 6.38. The molecule has 0 aromatic heterocycles. The standard InChI is InChI=1S/C15H20N2O2/c18-15(17-10-11-4-3-7-16-9-11)14-8-12-5-1-2-6-13(12)19-14/h1-2,5-6,11,14,16H,3-4,7-10H2,(H,17,18). The molecule has 2 unspecified atom stereocenters. The van der Waals surface area contributed by atoms with E-state index >= 15 is 0 Å². The van der Waals surface area contributed by atoms with Crippen molar-refractivity contribution in [1.82, 2.24) is 10.6 Å². The fourth-order valence-electron chi connectivity index (χ4n) is 2.79. The molecule has 2 atom stereocenters. The Kier molecular flexibility index (Phi) is 3.69. The zero-order valence-corrected chi connectivity index (χ0v) is 11.0. The molecule has 1 saturated heterocycles. The molecule has 4 nitrogen and oxygen atoms in total. The predicted octanol–water partition coefficient (Wildman–Crippen LogP) is 1.11. The summed E-state index contributed by atoms with van der Waals surface area (Å²) >= 11 is 0. The lowest BCUT2D eigenvalue weighted by Crippen LogP contribution is -2.43. The number of carbonyl (C=O) groups excluding carboxylic acids is 1. The van der Waals surface area contributed by atoms with E-state index in [4.69, 9.17) is 4.74 Å². The number of fused-ring (bicyclic) bond motifs is 1. The lowest BCUT2D eigenvalue weighted by atomic mass is 9.99. The Hall–Kier alpha value is -1.55. The van der Waals surface area contributed by atoms with Crippen LogP contribution in [0, 0.1) is 5.92 Å². The number of nitrogens with one attached hydrogen (secondary N) is 2. The van der Waals surface area contributed by atoms with E-state index in [2.05, 4.69) is 10.6 Å². The minimum absolute atomic E-state index is 0.0155. The summed E-state index contributed by atoms with van der Waals surface area (Å²) in [4.78, 5) is 12.1. The average molecular weight is 260 g/mol. The minimum atomic E-state index is -0.353.